The zero-order chi connectivity index (χ0) is 9.97. The van der Waals surface area contributed by atoms with Crippen molar-refractivity contribution in [1.29, 1.82) is 0 Å². The minimum atomic E-state index is 0.601. The number of hydrogen-bond donors (Lipinski definition) is 2. The lowest BCUT2D eigenvalue weighted by Gasteiger charge is -2.13. The standard InChI is InChI=1S/C11H17N3/c1-8-7-13-11(6-10(8)12)14-9-4-2-3-5-9/h6-7,9H,2-5H2,1H3,(H3,12,13,14). The van der Waals surface area contributed by atoms with Crippen molar-refractivity contribution in [3.63, 3.8) is 0 Å². The van der Waals surface area contributed by atoms with Gasteiger partial charge in [-0.3, -0.25) is 0 Å². The highest BCUT2D eigenvalue weighted by Gasteiger charge is 2.14. The Morgan fingerprint density at radius 1 is 1.43 bits per heavy atom. The fourth-order valence-electron chi connectivity index (χ4n) is 1.90. The number of hydrogen-bond acceptors (Lipinski definition) is 3. The van der Waals surface area contributed by atoms with E-state index >= 15 is 0 Å². The van der Waals surface area contributed by atoms with E-state index in [-0.39, 0.29) is 0 Å². The SMILES string of the molecule is Cc1cnc(NC2CCCC2)cc1N. The van der Waals surface area contributed by atoms with E-state index in [2.05, 4.69) is 10.3 Å². The van der Waals surface area contributed by atoms with E-state index in [1.165, 1.54) is 25.7 Å². The van der Waals surface area contributed by atoms with Gasteiger partial charge in [-0.25, -0.2) is 4.98 Å². The van der Waals surface area contributed by atoms with Crippen LogP contribution in [0.2, 0.25) is 0 Å². The largest absolute Gasteiger partial charge is 0.398 e. The number of rotatable bonds is 2. The van der Waals surface area contributed by atoms with Gasteiger partial charge in [-0.15, -0.1) is 0 Å². The normalized spacial score (nSPS) is 17.2. The molecule has 3 heteroatoms. The molecule has 0 bridgehead atoms. The van der Waals surface area contributed by atoms with Crippen LogP contribution >= 0.6 is 0 Å². The van der Waals surface area contributed by atoms with Crippen molar-refractivity contribution in [3.05, 3.63) is 17.8 Å². The molecule has 0 aliphatic heterocycles. The molecule has 1 aliphatic rings. The van der Waals surface area contributed by atoms with E-state index in [4.69, 9.17) is 5.73 Å². The smallest absolute Gasteiger partial charge is 0.128 e. The fourth-order valence-corrected chi connectivity index (χ4v) is 1.90. The van der Waals surface area contributed by atoms with Gasteiger partial charge in [-0.1, -0.05) is 12.8 Å². The molecule has 0 atom stereocenters. The molecule has 1 aromatic heterocycles. The van der Waals surface area contributed by atoms with Crippen LogP contribution < -0.4 is 11.1 Å². The minimum absolute atomic E-state index is 0.601. The van der Waals surface area contributed by atoms with Crippen LogP contribution in [0, 0.1) is 6.92 Å². The van der Waals surface area contributed by atoms with Crippen molar-refractivity contribution in [2.75, 3.05) is 11.1 Å². The van der Waals surface area contributed by atoms with Gasteiger partial charge >= 0.3 is 0 Å². The molecule has 1 fully saturated rings. The molecular weight excluding hydrogens is 174 g/mol. The van der Waals surface area contributed by atoms with E-state index in [0.29, 0.717) is 6.04 Å². The summed E-state index contributed by atoms with van der Waals surface area (Å²) in [5, 5.41) is 3.42. The maximum atomic E-state index is 5.81. The number of aromatic nitrogens is 1. The van der Waals surface area contributed by atoms with Crippen LogP contribution in [0.1, 0.15) is 31.2 Å². The Labute approximate surface area is 84.7 Å². The highest BCUT2D eigenvalue weighted by Crippen LogP contribution is 2.22. The lowest BCUT2D eigenvalue weighted by atomic mass is 10.2. The number of anilines is 2. The molecule has 0 saturated heterocycles. The van der Waals surface area contributed by atoms with Crippen molar-refractivity contribution in [1.82, 2.24) is 4.98 Å². The van der Waals surface area contributed by atoms with Crippen molar-refractivity contribution in [3.8, 4) is 0 Å². The van der Waals surface area contributed by atoms with Crippen molar-refractivity contribution >= 4 is 11.5 Å². The molecule has 1 saturated carbocycles. The van der Waals surface area contributed by atoms with E-state index in [1.54, 1.807) is 0 Å². The van der Waals surface area contributed by atoms with Gasteiger partial charge in [0, 0.05) is 24.0 Å². The number of nitrogens with two attached hydrogens (primary N) is 1. The first-order chi connectivity index (χ1) is 6.75. The van der Waals surface area contributed by atoms with Crippen molar-refractivity contribution in [2.24, 2.45) is 0 Å². The Balaban J connectivity index is 2.05. The number of nitrogens with one attached hydrogen (secondary N) is 1. The van der Waals surface area contributed by atoms with Gasteiger partial charge in [0.05, 0.1) is 0 Å². The molecule has 2 rings (SSSR count). The Hall–Kier alpha value is -1.25. The molecule has 3 nitrogen and oxygen atoms in total. The number of nitrogens with zero attached hydrogens (tertiary/aromatic N) is 1. The van der Waals surface area contributed by atoms with Gasteiger partial charge in [0.2, 0.25) is 0 Å². The quantitative estimate of drug-likeness (QED) is 0.754. The molecule has 76 valence electrons. The molecule has 0 amide bonds. The summed E-state index contributed by atoms with van der Waals surface area (Å²) >= 11 is 0. The third-order valence-corrected chi connectivity index (χ3v) is 2.85. The second kappa shape index (κ2) is 3.86. The molecule has 0 radical (unpaired) electrons. The summed E-state index contributed by atoms with van der Waals surface area (Å²) in [6, 6.07) is 2.53. The monoisotopic (exact) mass is 191 g/mol. The zero-order valence-electron chi connectivity index (χ0n) is 8.59. The summed E-state index contributed by atoms with van der Waals surface area (Å²) in [4.78, 5) is 4.31. The van der Waals surface area contributed by atoms with E-state index in [9.17, 15) is 0 Å². The van der Waals surface area contributed by atoms with Crippen molar-refractivity contribution in [2.45, 2.75) is 38.6 Å². The highest BCUT2D eigenvalue weighted by atomic mass is 15.0. The van der Waals surface area contributed by atoms with Gasteiger partial charge in [0.1, 0.15) is 5.82 Å². The molecular formula is C11H17N3. The Morgan fingerprint density at radius 3 is 2.79 bits per heavy atom. The van der Waals surface area contributed by atoms with E-state index in [0.717, 1.165) is 17.1 Å². The van der Waals surface area contributed by atoms with Gasteiger partial charge in [0.25, 0.3) is 0 Å². The van der Waals surface area contributed by atoms with Crippen LogP contribution in [0.3, 0.4) is 0 Å². The highest BCUT2D eigenvalue weighted by molar-refractivity contribution is 5.53. The number of nitrogen functional groups attached to an aromatic ring is 1. The third-order valence-electron chi connectivity index (χ3n) is 2.85. The van der Waals surface area contributed by atoms with E-state index in [1.807, 2.05) is 19.2 Å². The number of aryl methyl sites for hydroxylation is 1. The second-order valence-electron chi connectivity index (χ2n) is 4.05. The summed E-state index contributed by atoms with van der Waals surface area (Å²) in [5.74, 6) is 0.917. The van der Waals surface area contributed by atoms with Gasteiger partial charge in [-0.2, -0.15) is 0 Å². The summed E-state index contributed by atoms with van der Waals surface area (Å²) in [6.45, 7) is 1.97. The molecule has 14 heavy (non-hydrogen) atoms. The number of pyridine rings is 1. The van der Waals surface area contributed by atoms with E-state index < -0.39 is 0 Å². The van der Waals surface area contributed by atoms with Crippen molar-refractivity contribution < 1.29 is 0 Å². The molecule has 3 N–H and O–H groups in total. The van der Waals surface area contributed by atoms with Crippen LogP contribution in [0.15, 0.2) is 12.3 Å². The van der Waals surface area contributed by atoms with Crippen LogP contribution in [-0.4, -0.2) is 11.0 Å². The topological polar surface area (TPSA) is 50.9 Å². The molecule has 0 aromatic carbocycles. The lowest BCUT2D eigenvalue weighted by Crippen LogP contribution is -2.15. The average molecular weight is 191 g/mol. The summed E-state index contributed by atoms with van der Waals surface area (Å²) in [6.07, 6.45) is 7.01. The van der Waals surface area contributed by atoms with Crippen LogP contribution in [0.4, 0.5) is 11.5 Å². The first kappa shape index (κ1) is 9.31. The summed E-state index contributed by atoms with van der Waals surface area (Å²) < 4.78 is 0. The summed E-state index contributed by atoms with van der Waals surface area (Å²) in [5.41, 5.74) is 7.68. The minimum Gasteiger partial charge on any atom is -0.398 e. The van der Waals surface area contributed by atoms with Gasteiger partial charge in [-0.05, 0) is 25.3 Å². The van der Waals surface area contributed by atoms with Gasteiger partial charge < -0.3 is 11.1 Å². The fraction of sp³-hybridized carbons (Fsp3) is 0.545. The van der Waals surface area contributed by atoms with Crippen LogP contribution in [0.5, 0.6) is 0 Å². The molecule has 1 aliphatic carbocycles. The molecule has 0 spiro atoms. The van der Waals surface area contributed by atoms with Crippen LogP contribution in [0.25, 0.3) is 0 Å². The second-order valence-corrected chi connectivity index (χ2v) is 4.05. The van der Waals surface area contributed by atoms with Gasteiger partial charge in [0.15, 0.2) is 0 Å². The Morgan fingerprint density at radius 2 is 2.14 bits per heavy atom. The lowest BCUT2D eigenvalue weighted by molar-refractivity contribution is 0.750. The Bertz CT molecular complexity index is 316. The maximum Gasteiger partial charge on any atom is 0.128 e. The molecule has 1 heterocycles. The zero-order valence-corrected chi connectivity index (χ0v) is 8.59. The maximum absolute atomic E-state index is 5.81. The first-order valence-corrected chi connectivity index (χ1v) is 5.24. The molecule has 0 unspecified atom stereocenters. The molecule has 1 aromatic rings. The Kier molecular flexibility index (Phi) is 2.57. The summed E-state index contributed by atoms with van der Waals surface area (Å²) in [7, 11) is 0. The predicted octanol–water partition coefficient (Wildman–Crippen LogP) is 2.33. The third kappa shape index (κ3) is 1.97. The van der Waals surface area contributed by atoms with Crippen LogP contribution in [-0.2, 0) is 0 Å². The average Bonchev–Trinajstić information content (AvgIpc) is 2.64. The first-order valence-electron chi connectivity index (χ1n) is 5.24. The predicted molar refractivity (Wildman–Crippen MR) is 59.3 cm³/mol.